The Hall–Kier alpha value is -5.94. The van der Waals surface area contributed by atoms with Crippen molar-refractivity contribution in [3.05, 3.63) is 146 Å². The van der Waals surface area contributed by atoms with Crippen molar-refractivity contribution in [2.45, 2.75) is 0 Å². The van der Waals surface area contributed by atoms with Gasteiger partial charge in [0.2, 0.25) is 0 Å². The molecule has 0 amide bonds. The van der Waals surface area contributed by atoms with Crippen molar-refractivity contribution in [1.82, 2.24) is 14.6 Å². The number of aromatic nitrogens is 3. The van der Waals surface area contributed by atoms with E-state index in [0.717, 1.165) is 66.8 Å². The first-order valence-corrected chi connectivity index (χ1v) is 14.3. The number of furan rings is 1. The second kappa shape index (κ2) is 9.29. The molecule has 0 fully saturated rings. The molecular weight excluding hydrogens is 528 g/mol. The number of nitrogens with zero attached hydrogens (tertiary/aromatic N) is 4. The zero-order chi connectivity index (χ0) is 28.3. The predicted molar refractivity (Wildman–Crippen MR) is 175 cm³/mol. The third-order valence-electron chi connectivity index (χ3n) is 8.26. The van der Waals surface area contributed by atoms with Crippen LogP contribution in [0.1, 0.15) is 0 Å². The molecule has 0 bridgehead atoms. The summed E-state index contributed by atoms with van der Waals surface area (Å²) in [6.07, 6.45) is 1.87. The van der Waals surface area contributed by atoms with Crippen LogP contribution in [0.3, 0.4) is 0 Å². The van der Waals surface area contributed by atoms with Crippen LogP contribution < -0.4 is 4.90 Å². The summed E-state index contributed by atoms with van der Waals surface area (Å²) < 4.78 is 8.40. The van der Waals surface area contributed by atoms with Crippen LogP contribution in [-0.4, -0.2) is 14.6 Å². The first kappa shape index (κ1) is 23.7. The van der Waals surface area contributed by atoms with Crippen LogP contribution in [0.5, 0.6) is 0 Å². The third kappa shape index (κ3) is 3.65. The summed E-state index contributed by atoms with van der Waals surface area (Å²) in [6, 6.07) is 48.2. The average molecular weight is 553 g/mol. The maximum Gasteiger partial charge on any atom is 0.144 e. The lowest BCUT2D eigenvalue weighted by atomic mass is 10.0. The van der Waals surface area contributed by atoms with Gasteiger partial charge in [-0.25, -0.2) is 9.50 Å². The highest BCUT2D eigenvalue weighted by molar-refractivity contribution is 6.13. The van der Waals surface area contributed by atoms with Crippen molar-refractivity contribution < 1.29 is 4.42 Å². The van der Waals surface area contributed by atoms with E-state index >= 15 is 0 Å². The van der Waals surface area contributed by atoms with E-state index in [1.807, 2.05) is 35.0 Å². The monoisotopic (exact) mass is 552 g/mol. The molecule has 0 unspecified atom stereocenters. The minimum atomic E-state index is 0.814. The van der Waals surface area contributed by atoms with E-state index < -0.39 is 0 Å². The Kier molecular flexibility index (Phi) is 5.13. The number of hydrogen-bond donors (Lipinski definition) is 0. The Balaban J connectivity index is 1.26. The summed E-state index contributed by atoms with van der Waals surface area (Å²) in [7, 11) is 0. The smallest absolute Gasteiger partial charge is 0.144 e. The number of hydrogen-bond acceptors (Lipinski definition) is 4. The third-order valence-corrected chi connectivity index (χ3v) is 8.26. The first-order valence-electron chi connectivity index (χ1n) is 14.3. The topological polar surface area (TPSA) is 46.6 Å². The van der Waals surface area contributed by atoms with Crippen LogP contribution in [0, 0.1) is 0 Å². The molecule has 202 valence electrons. The molecule has 5 heteroatoms. The fraction of sp³-hybridized carbons (Fsp3) is 0. The number of para-hydroxylation sites is 3. The Morgan fingerprint density at radius 2 is 1.28 bits per heavy atom. The molecule has 0 saturated heterocycles. The highest BCUT2D eigenvalue weighted by atomic mass is 16.3. The largest absolute Gasteiger partial charge is 0.455 e. The summed E-state index contributed by atoms with van der Waals surface area (Å²) >= 11 is 0. The zero-order valence-electron chi connectivity index (χ0n) is 23.1. The van der Waals surface area contributed by atoms with Gasteiger partial charge >= 0.3 is 0 Å². The van der Waals surface area contributed by atoms with Crippen molar-refractivity contribution in [3.8, 4) is 11.3 Å². The maximum atomic E-state index is 6.36. The van der Waals surface area contributed by atoms with Crippen molar-refractivity contribution in [1.29, 1.82) is 0 Å². The minimum Gasteiger partial charge on any atom is -0.455 e. The lowest BCUT2D eigenvalue weighted by Gasteiger charge is -2.25. The standard InChI is InChI=1S/C38H24N4O/c1-2-10-25(11-3-1)41(26-20-21-29-27-12-4-5-13-28(27)34-22-23-39-42(34)35(29)24-26)37-19-9-17-33(40-37)32-16-8-15-31-30-14-6-7-18-36(30)43-38(31)32/h1-24H. The van der Waals surface area contributed by atoms with Crippen LogP contribution in [0.4, 0.5) is 17.2 Å². The van der Waals surface area contributed by atoms with Crippen molar-refractivity contribution >= 4 is 66.3 Å². The number of rotatable bonds is 4. The molecule has 4 heterocycles. The van der Waals surface area contributed by atoms with Gasteiger partial charge in [0.15, 0.2) is 0 Å². The van der Waals surface area contributed by atoms with Crippen LogP contribution in [0.2, 0.25) is 0 Å². The molecule has 5 aromatic carbocycles. The van der Waals surface area contributed by atoms with Gasteiger partial charge in [0.05, 0.1) is 22.9 Å². The maximum absolute atomic E-state index is 6.36. The van der Waals surface area contributed by atoms with Gasteiger partial charge in [0.1, 0.15) is 17.0 Å². The lowest BCUT2D eigenvalue weighted by Crippen LogP contribution is -2.12. The van der Waals surface area contributed by atoms with E-state index in [-0.39, 0.29) is 0 Å². The van der Waals surface area contributed by atoms with E-state index in [4.69, 9.17) is 14.5 Å². The summed E-state index contributed by atoms with van der Waals surface area (Å²) in [6.45, 7) is 0. The number of anilines is 3. The van der Waals surface area contributed by atoms with E-state index in [0.29, 0.717) is 0 Å². The van der Waals surface area contributed by atoms with Gasteiger partial charge in [0, 0.05) is 38.5 Å². The second-order valence-electron chi connectivity index (χ2n) is 10.7. The fourth-order valence-electron chi connectivity index (χ4n) is 6.34. The van der Waals surface area contributed by atoms with E-state index in [9.17, 15) is 0 Å². The van der Waals surface area contributed by atoms with Gasteiger partial charge in [-0.05, 0) is 60.0 Å². The normalized spacial score (nSPS) is 11.7. The van der Waals surface area contributed by atoms with Gasteiger partial charge in [-0.15, -0.1) is 0 Å². The summed E-state index contributed by atoms with van der Waals surface area (Å²) in [5.74, 6) is 0.814. The Morgan fingerprint density at radius 1 is 0.535 bits per heavy atom. The SMILES string of the molecule is c1ccc(N(c2ccc3c4ccccc4c4ccnn4c3c2)c2cccc(-c3cccc4c3oc3ccccc34)n2)cc1. The minimum absolute atomic E-state index is 0.814. The second-order valence-corrected chi connectivity index (χ2v) is 10.7. The van der Waals surface area contributed by atoms with E-state index in [1.54, 1.807) is 0 Å². The molecule has 0 saturated carbocycles. The van der Waals surface area contributed by atoms with Gasteiger partial charge in [-0.3, -0.25) is 4.90 Å². The highest BCUT2D eigenvalue weighted by Gasteiger charge is 2.19. The average Bonchev–Trinajstić information content (AvgIpc) is 3.72. The van der Waals surface area contributed by atoms with Gasteiger partial charge in [-0.2, -0.15) is 5.10 Å². The van der Waals surface area contributed by atoms with Gasteiger partial charge < -0.3 is 4.42 Å². The molecule has 0 radical (unpaired) electrons. The van der Waals surface area contributed by atoms with Crippen LogP contribution in [-0.2, 0) is 0 Å². The molecule has 9 aromatic rings. The quantitative estimate of drug-likeness (QED) is 0.204. The Bertz CT molecular complexity index is 2470. The summed E-state index contributed by atoms with van der Waals surface area (Å²) in [5, 5.41) is 10.5. The molecule has 0 aliphatic heterocycles. The number of pyridine rings is 2. The molecule has 0 N–H and O–H groups in total. The molecule has 9 rings (SSSR count). The summed E-state index contributed by atoms with van der Waals surface area (Å²) in [4.78, 5) is 7.44. The van der Waals surface area contributed by atoms with Gasteiger partial charge in [-0.1, -0.05) is 84.9 Å². The van der Waals surface area contributed by atoms with E-state index in [2.05, 4.69) is 120 Å². The number of fused-ring (bicyclic) bond motifs is 9. The molecule has 0 aliphatic carbocycles. The van der Waals surface area contributed by atoms with E-state index in [1.165, 1.54) is 10.8 Å². The van der Waals surface area contributed by atoms with Crippen molar-refractivity contribution in [2.24, 2.45) is 0 Å². The molecule has 4 aromatic heterocycles. The highest BCUT2D eigenvalue weighted by Crippen LogP contribution is 2.39. The predicted octanol–water partition coefficient (Wildman–Crippen LogP) is 10.1. The van der Waals surface area contributed by atoms with Crippen LogP contribution >= 0.6 is 0 Å². The fourth-order valence-corrected chi connectivity index (χ4v) is 6.34. The van der Waals surface area contributed by atoms with Crippen LogP contribution in [0.25, 0.3) is 60.4 Å². The Labute approximate surface area is 246 Å². The molecule has 0 spiro atoms. The first-order chi connectivity index (χ1) is 21.3. The van der Waals surface area contributed by atoms with Crippen molar-refractivity contribution in [2.75, 3.05) is 4.90 Å². The lowest BCUT2D eigenvalue weighted by molar-refractivity contribution is 0.670. The number of benzene rings is 5. The molecule has 43 heavy (non-hydrogen) atoms. The van der Waals surface area contributed by atoms with Gasteiger partial charge in [0.25, 0.3) is 0 Å². The molecule has 5 nitrogen and oxygen atoms in total. The zero-order valence-corrected chi connectivity index (χ0v) is 23.1. The Morgan fingerprint density at radius 3 is 2.19 bits per heavy atom. The molecule has 0 atom stereocenters. The van der Waals surface area contributed by atoms with Crippen LogP contribution in [0.15, 0.2) is 150 Å². The molecular formula is C38H24N4O. The van der Waals surface area contributed by atoms with Crippen molar-refractivity contribution in [3.63, 3.8) is 0 Å². The summed E-state index contributed by atoms with van der Waals surface area (Å²) in [5.41, 5.74) is 7.68. The molecule has 0 aliphatic rings.